The number of carbonyl (C=O) groups excluding carboxylic acids is 1. The van der Waals surface area contributed by atoms with Crippen LogP contribution >= 0.6 is 11.3 Å². The Morgan fingerprint density at radius 1 is 1.46 bits per heavy atom. The first-order valence-corrected chi connectivity index (χ1v) is 9.07. The van der Waals surface area contributed by atoms with Crippen LogP contribution in [0, 0.1) is 5.92 Å². The molecule has 2 N–H and O–H groups in total. The van der Waals surface area contributed by atoms with Crippen molar-refractivity contribution in [3.63, 3.8) is 0 Å². The molecular weight excluding hydrogens is 320 g/mol. The van der Waals surface area contributed by atoms with Gasteiger partial charge in [0.1, 0.15) is 0 Å². The number of thiazole rings is 1. The van der Waals surface area contributed by atoms with E-state index < -0.39 is 0 Å². The summed E-state index contributed by atoms with van der Waals surface area (Å²) in [4.78, 5) is 22.3. The van der Waals surface area contributed by atoms with Crippen LogP contribution in [-0.2, 0) is 4.79 Å². The number of para-hydroxylation sites is 1. The summed E-state index contributed by atoms with van der Waals surface area (Å²) in [6.07, 6.45) is 3.65. The Labute approximate surface area is 144 Å². The number of likely N-dealkylation sites (tertiary alicyclic amines) is 1. The van der Waals surface area contributed by atoms with Crippen LogP contribution in [-0.4, -0.2) is 40.9 Å². The number of nitrogens with zero attached hydrogens (tertiary/aromatic N) is 2. The van der Waals surface area contributed by atoms with Gasteiger partial charge in [-0.3, -0.25) is 4.79 Å². The van der Waals surface area contributed by atoms with Gasteiger partial charge in [-0.25, -0.2) is 4.98 Å². The quantitative estimate of drug-likeness (QED) is 0.763. The van der Waals surface area contributed by atoms with Crippen molar-refractivity contribution in [3.05, 3.63) is 35.8 Å². The maximum absolute atomic E-state index is 12.2. The topological polar surface area (TPSA) is 61.0 Å². The maximum atomic E-state index is 12.2. The lowest BCUT2D eigenvalue weighted by Gasteiger charge is -2.09. The van der Waals surface area contributed by atoms with Crippen molar-refractivity contribution in [1.29, 1.82) is 0 Å². The lowest BCUT2D eigenvalue weighted by Crippen LogP contribution is -2.19. The number of anilines is 1. The zero-order chi connectivity index (χ0) is 16.5. The molecule has 1 saturated heterocycles. The summed E-state index contributed by atoms with van der Waals surface area (Å²) in [5.41, 5.74) is 3.06. The minimum atomic E-state index is 0.0649. The molecule has 1 aromatic carbocycles. The van der Waals surface area contributed by atoms with Crippen LogP contribution in [0.25, 0.3) is 22.2 Å². The number of benzene rings is 1. The molecule has 1 aliphatic rings. The molecule has 1 atom stereocenters. The molecule has 1 unspecified atom stereocenters. The second-order valence-corrected chi connectivity index (χ2v) is 7.31. The van der Waals surface area contributed by atoms with Crippen LogP contribution in [0.15, 0.2) is 35.8 Å². The van der Waals surface area contributed by atoms with Crippen molar-refractivity contribution < 1.29 is 4.79 Å². The molecule has 3 heterocycles. The van der Waals surface area contributed by atoms with Crippen molar-refractivity contribution >= 4 is 33.3 Å². The number of fused-ring (bicyclic) bond motifs is 1. The fourth-order valence-electron chi connectivity index (χ4n) is 3.36. The van der Waals surface area contributed by atoms with Crippen LogP contribution in [0.5, 0.6) is 0 Å². The molecule has 0 aliphatic carbocycles. The van der Waals surface area contributed by atoms with Crippen LogP contribution in [0.2, 0.25) is 0 Å². The summed E-state index contributed by atoms with van der Waals surface area (Å²) in [7, 11) is 2.10. The molecule has 4 rings (SSSR count). The molecule has 1 aliphatic heterocycles. The Bertz CT molecular complexity index is 869. The normalized spacial score (nSPS) is 18.3. The Morgan fingerprint density at radius 3 is 3.17 bits per heavy atom. The maximum Gasteiger partial charge on any atom is 0.226 e. The standard InChI is InChI=1S/C18H20N4OS/c1-22-7-6-12(10-22)8-17(23)21-18-20-16(11-24-18)14-9-19-15-5-3-2-4-13(14)15/h2-5,9,11-12,19H,6-8,10H2,1H3,(H,20,21,23). The minimum absolute atomic E-state index is 0.0649. The monoisotopic (exact) mass is 340 g/mol. The van der Waals surface area contributed by atoms with Crippen molar-refractivity contribution in [3.8, 4) is 11.3 Å². The highest BCUT2D eigenvalue weighted by Gasteiger charge is 2.22. The van der Waals surface area contributed by atoms with E-state index >= 15 is 0 Å². The molecule has 24 heavy (non-hydrogen) atoms. The molecule has 1 fully saturated rings. The highest BCUT2D eigenvalue weighted by Crippen LogP contribution is 2.31. The minimum Gasteiger partial charge on any atom is -0.360 e. The molecule has 0 spiro atoms. The molecule has 124 valence electrons. The van der Waals surface area contributed by atoms with Crippen LogP contribution in [0.1, 0.15) is 12.8 Å². The number of hydrogen-bond donors (Lipinski definition) is 2. The van der Waals surface area contributed by atoms with E-state index in [0.717, 1.165) is 41.7 Å². The number of hydrogen-bond acceptors (Lipinski definition) is 4. The summed E-state index contributed by atoms with van der Waals surface area (Å²) in [6, 6.07) is 8.16. The molecular formula is C18H20N4OS. The van der Waals surface area contributed by atoms with Gasteiger partial charge in [-0.15, -0.1) is 11.3 Å². The van der Waals surface area contributed by atoms with Gasteiger partial charge in [0.05, 0.1) is 5.69 Å². The highest BCUT2D eigenvalue weighted by atomic mass is 32.1. The van der Waals surface area contributed by atoms with Crippen LogP contribution in [0.3, 0.4) is 0 Å². The van der Waals surface area contributed by atoms with E-state index in [-0.39, 0.29) is 5.91 Å². The number of amides is 1. The predicted octanol–water partition coefficient (Wildman–Crippen LogP) is 3.57. The molecule has 5 nitrogen and oxygen atoms in total. The van der Waals surface area contributed by atoms with E-state index in [1.54, 1.807) is 0 Å². The van der Waals surface area contributed by atoms with Gasteiger partial charge in [0.15, 0.2) is 5.13 Å². The van der Waals surface area contributed by atoms with Gasteiger partial charge in [0, 0.05) is 41.0 Å². The van der Waals surface area contributed by atoms with E-state index in [2.05, 4.69) is 33.3 Å². The third-order valence-corrected chi connectivity index (χ3v) is 5.34. The van der Waals surface area contributed by atoms with Gasteiger partial charge in [0.2, 0.25) is 5.91 Å². The van der Waals surface area contributed by atoms with Crippen molar-refractivity contribution in [2.24, 2.45) is 5.92 Å². The first kappa shape index (κ1) is 15.4. The third kappa shape index (κ3) is 3.07. The largest absolute Gasteiger partial charge is 0.360 e. The van der Waals surface area contributed by atoms with E-state index in [9.17, 15) is 4.79 Å². The Hall–Kier alpha value is -2.18. The lowest BCUT2D eigenvalue weighted by molar-refractivity contribution is -0.117. The smallest absolute Gasteiger partial charge is 0.226 e. The Kier molecular flexibility index (Phi) is 4.08. The van der Waals surface area contributed by atoms with E-state index in [4.69, 9.17) is 0 Å². The molecule has 0 radical (unpaired) electrons. The van der Waals surface area contributed by atoms with Crippen molar-refractivity contribution in [2.45, 2.75) is 12.8 Å². The number of aromatic amines is 1. The molecule has 0 bridgehead atoms. The van der Waals surface area contributed by atoms with Gasteiger partial charge in [-0.2, -0.15) is 0 Å². The fraction of sp³-hybridized carbons (Fsp3) is 0.333. The van der Waals surface area contributed by atoms with Crippen molar-refractivity contribution in [1.82, 2.24) is 14.9 Å². The van der Waals surface area contributed by atoms with Gasteiger partial charge >= 0.3 is 0 Å². The molecule has 6 heteroatoms. The average molecular weight is 340 g/mol. The van der Waals surface area contributed by atoms with Gasteiger partial charge in [0.25, 0.3) is 0 Å². The number of nitrogens with one attached hydrogen (secondary N) is 2. The first-order chi connectivity index (χ1) is 11.7. The van der Waals surface area contributed by atoms with Crippen molar-refractivity contribution in [2.75, 3.05) is 25.5 Å². The zero-order valence-corrected chi connectivity index (χ0v) is 14.4. The number of carbonyl (C=O) groups is 1. The Balaban J connectivity index is 1.46. The molecule has 0 saturated carbocycles. The Morgan fingerprint density at radius 2 is 2.33 bits per heavy atom. The SMILES string of the molecule is CN1CCC(CC(=O)Nc2nc(-c3c[nH]c4ccccc34)cs2)C1. The number of H-pyrrole nitrogens is 1. The second-order valence-electron chi connectivity index (χ2n) is 6.46. The summed E-state index contributed by atoms with van der Waals surface area (Å²) >= 11 is 1.48. The third-order valence-electron chi connectivity index (χ3n) is 4.58. The van der Waals surface area contributed by atoms with Gasteiger partial charge in [-0.05, 0) is 32.0 Å². The summed E-state index contributed by atoms with van der Waals surface area (Å²) < 4.78 is 0. The van der Waals surface area contributed by atoms with Gasteiger partial charge < -0.3 is 15.2 Å². The number of rotatable bonds is 4. The summed E-state index contributed by atoms with van der Waals surface area (Å²) in [5.74, 6) is 0.526. The molecule has 1 amide bonds. The summed E-state index contributed by atoms with van der Waals surface area (Å²) in [6.45, 7) is 2.09. The lowest BCUT2D eigenvalue weighted by atomic mass is 10.1. The predicted molar refractivity (Wildman–Crippen MR) is 98.3 cm³/mol. The average Bonchev–Trinajstić information content (AvgIpc) is 3.27. The van der Waals surface area contributed by atoms with Crippen LogP contribution < -0.4 is 5.32 Å². The second kappa shape index (κ2) is 6.37. The fourth-order valence-corrected chi connectivity index (χ4v) is 4.09. The van der Waals surface area contributed by atoms with E-state index in [0.29, 0.717) is 17.5 Å². The summed E-state index contributed by atoms with van der Waals surface area (Å²) in [5, 5.41) is 6.77. The molecule has 3 aromatic rings. The van der Waals surface area contributed by atoms with Crippen LogP contribution in [0.4, 0.5) is 5.13 Å². The zero-order valence-electron chi connectivity index (χ0n) is 13.6. The van der Waals surface area contributed by atoms with Gasteiger partial charge in [-0.1, -0.05) is 18.2 Å². The number of aromatic nitrogens is 2. The van der Waals surface area contributed by atoms with E-state index in [1.165, 1.54) is 11.3 Å². The first-order valence-electron chi connectivity index (χ1n) is 8.19. The molecule has 2 aromatic heterocycles. The highest BCUT2D eigenvalue weighted by molar-refractivity contribution is 7.14. The van der Waals surface area contributed by atoms with E-state index in [1.807, 2.05) is 29.8 Å².